The number of benzene rings is 2. The Bertz CT molecular complexity index is 1260. The number of methoxy groups -OCH3 is 1. The minimum atomic E-state index is -0.741. The van der Waals surface area contributed by atoms with Gasteiger partial charge in [-0.15, -0.1) is 11.3 Å². The molecule has 168 valence electrons. The minimum absolute atomic E-state index is 0.121. The number of halogens is 1. The fourth-order valence-corrected chi connectivity index (χ4v) is 4.03. The van der Waals surface area contributed by atoms with Crippen molar-refractivity contribution in [3.8, 4) is 28.7 Å². The summed E-state index contributed by atoms with van der Waals surface area (Å²) in [5, 5.41) is 24.7. The zero-order valence-corrected chi connectivity index (χ0v) is 19.3. The molecule has 0 atom stereocenters. The van der Waals surface area contributed by atoms with Crippen LogP contribution in [0.1, 0.15) is 22.8 Å². The number of nitrogens with one attached hydrogen (secondary N) is 1. The van der Waals surface area contributed by atoms with E-state index in [1.807, 2.05) is 6.07 Å². The Balaban J connectivity index is 1.98. The molecule has 0 fully saturated rings. The van der Waals surface area contributed by atoms with Crippen LogP contribution < -0.4 is 10.1 Å². The molecule has 1 amide bonds. The summed E-state index contributed by atoms with van der Waals surface area (Å²) in [5.74, 6) is -1.02. The monoisotopic (exact) mass is 482 g/mol. The fourth-order valence-electron chi connectivity index (χ4n) is 2.95. The maximum Gasteiger partial charge on any atom is 0.341 e. The molecule has 0 aliphatic heterocycles. The highest BCUT2D eigenvalue weighted by atomic mass is 35.5. The molecule has 3 aromatic rings. The minimum Gasteiger partial charge on any atom is -0.507 e. The smallest absolute Gasteiger partial charge is 0.341 e. The second-order valence-corrected chi connectivity index (χ2v) is 7.95. The molecule has 2 N–H and O–H groups in total. The number of carbonyl (C=O) groups excluding carboxylic acids is 2. The van der Waals surface area contributed by atoms with Crippen molar-refractivity contribution in [1.29, 1.82) is 5.26 Å². The van der Waals surface area contributed by atoms with Gasteiger partial charge < -0.3 is 19.9 Å². The molecule has 0 radical (unpaired) electrons. The number of ether oxygens (including phenoxy) is 2. The second-order valence-electron chi connectivity index (χ2n) is 6.63. The number of hydrogen-bond acceptors (Lipinski definition) is 7. The first-order chi connectivity index (χ1) is 15.9. The predicted octanol–water partition coefficient (Wildman–Crippen LogP) is 5.51. The molecular weight excluding hydrogens is 464 g/mol. The zero-order valence-electron chi connectivity index (χ0n) is 17.7. The van der Waals surface area contributed by atoms with E-state index in [2.05, 4.69) is 5.32 Å². The first-order valence-corrected chi connectivity index (χ1v) is 11.0. The van der Waals surface area contributed by atoms with Crippen LogP contribution in [0.25, 0.3) is 17.2 Å². The summed E-state index contributed by atoms with van der Waals surface area (Å²) in [5.41, 5.74) is 1.43. The summed E-state index contributed by atoms with van der Waals surface area (Å²) in [4.78, 5) is 25.6. The van der Waals surface area contributed by atoms with Gasteiger partial charge in [0.25, 0.3) is 5.91 Å². The Morgan fingerprint density at radius 3 is 2.61 bits per heavy atom. The van der Waals surface area contributed by atoms with Gasteiger partial charge in [-0.05, 0) is 48.9 Å². The number of amides is 1. The SMILES string of the molecule is CCOC(=O)c1c(-c2ccc(Cl)cc2)csc1NC(=O)/C(C#N)=C\c1cc(OC)ccc1O. The predicted molar refractivity (Wildman–Crippen MR) is 128 cm³/mol. The van der Waals surface area contributed by atoms with Crippen LogP contribution >= 0.6 is 22.9 Å². The molecular formula is C24H19ClN2O5S. The van der Waals surface area contributed by atoms with Crippen molar-refractivity contribution in [2.45, 2.75) is 6.92 Å². The van der Waals surface area contributed by atoms with Crippen molar-refractivity contribution in [3.63, 3.8) is 0 Å². The number of carbonyl (C=O) groups is 2. The van der Waals surface area contributed by atoms with Crippen molar-refractivity contribution < 1.29 is 24.2 Å². The first-order valence-electron chi connectivity index (χ1n) is 9.72. The standard InChI is InChI=1S/C24H19ClN2O5S/c1-3-32-24(30)21-19(14-4-6-17(25)7-5-14)13-33-23(21)27-22(29)16(12-26)10-15-11-18(31-2)8-9-20(15)28/h4-11,13,28H,3H2,1-2H3,(H,27,29)/b16-10-. The molecule has 7 nitrogen and oxygen atoms in total. The van der Waals surface area contributed by atoms with Crippen LogP contribution in [0.5, 0.6) is 11.5 Å². The zero-order chi connectivity index (χ0) is 24.0. The largest absolute Gasteiger partial charge is 0.507 e. The van der Waals surface area contributed by atoms with Gasteiger partial charge in [0.15, 0.2) is 0 Å². The number of aromatic hydroxyl groups is 1. The maximum atomic E-state index is 12.9. The summed E-state index contributed by atoms with van der Waals surface area (Å²) in [6.07, 6.45) is 1.24. The quantitative estimate of drug-likeness (QED) is 0.261. The van der Waals surface area contributed by atoms with Crippen molar-refractivity contribution in [3.05, 3.63) is 69.6 Å². The molecule has 2 aromatic carbocycles. The van der Waals surface area contributed by atoms with E-state index >= 15 is 0 Å². The number of phenols is 1. The highest BCUT2D eigenvalue weighted by Gasteiger charge is 2.24. The Hall–Kier alpha value is -3.80. The van der Waals surface area contributed by atoms with Crippen molar-refractivity contribution in [1.82, 2.24) is 0 Å². The van der Waals surface area contributed by atoms with Gasteiger partial charge >= 0.3 is 5.97 Å². The van der Waals surface area contributed by atoms with Gasteiger partial charge in [-0.3, -0.25) is 4.79 Å². The first kappa shape index (κ1) is 23.9. The van der Waals surface area contributed by atoms with Crippen LogP contribution in [0.4, 0.5) is 5.00 Å². The van der Waals surface area contributed by atoms with Gasteiger partial charge in [-0.2, -0.15) is 5.26 Å². The Kier molecular flexibility index (Phi) is 7.72. The molecule has 0 saturated heterocycles. The number of rotatable bonds is 7. The summed E-state index contributed by atoms with van der Waals surface area (Å²) in [7, 11) is 1.46. The van der Waals surface area contributed by atoms with E-state index in [1.165, 1.54) is 25.3 Å². The van der Waals surface area contributed by atoms with Crippen LogP contribution in [-0.2, 0) is 9.53 Å². The summed E-state index contributed by atoms with van der Waals surface area (Å²) < 4.78 is 10.3. The van der Waals surface area contributed by atoms with Crippen molar-refractivity contribution in [2.24, 2.45) is 0 Å². The Morgan fingerprint density at radius 1 is 1.24 bits per heavy atom. The van der Waals surface area contributed by atoms with E-state index in [0.29, 0.717) is 16.3 Å². The molecule has 0 aliphatic rings. The van der Waals surface area contributed by atoms with Gasteiger partial charge in [0.2, 0.25) is 0 Å². The molecule has 1 aromatic heterocycles. The van der Waals surface area contributed by atoms with E-state index in [9.17, 15) is 20.0 Å². The van der Waals surface area contributed by atoms with Crippen LogP contribution in [0.2, 0.25) is 5.02 Å². The normalized spacial score (nSPS) is 10.9. The topological polar surface area (TPSA) is 109 Å². The number of nitriles is 1. The fraction of sp³-hybridized carbons (Fsp3) is 0.125. The molecule has 0 bridgehead atoms. The number of thiophene rings is 1. The average Bonchev–Trinajstić information content (AvgIpc) is 3.22. The summed E-state index contributed by atoms with van der Waals surface area (Å²) >= 11 is 7.09. The van der Waals surface area contributed by atoms with Crippen LogP contribution in [0.3, 0.4) is 0 Å². The molecule has 3 rings (SSSR count). The lowest BCUT2D eigenvalue weighted by molar-refractivity contribution is -0.112. The number of hydrogen-bond donors (Lipinski definition) is 2. The maximum absolute atomic E-state index is 12.9. The average molecular weight is 483 g/mol. The van der Waals surface area contributed by atoms with E-state index < -0.39 is 11.9 Å². The third kappa shape index (κ3) is 5.52. The van der Waals surface area contributed by atoms with Gasteiger partial charge in [-0.1, -0.05) is 23.7 Å². The van der Waals surface area contributed by atoms with Crippen molar-refractivity contribution in [2.75, 3.05) is 19.0 Å². The molecule has 0 saturated carbocycles. The molecule has 0 spiro atoms. The molecule has 0 aliphatic carbocycles. The molecule has 1 heterocycles. The molecule has 9 heteroatoms. The van der Waals surface area contributed by atoms with Crippen LogP contribution in [-0.4, -0.2) is 30.7 Å². The van der Waals surface area contributed by atoms with Gasteiger partial charge in [0, 0.05) is 21.5 Å². The third-order valence-corrected chi connectivity index (χ3v) is 5.70. The van der Waals surface area contributed by atoms with E-state index in [1.54, 1.807) is 42.6 Å². The van der Waals surface area contributed by atoms with Crippen LogP contribution in [0.15, 0.2) is 53.4 Å². The number of esters is 1. The Labute approximate surface area is 199 Å². The van der Waals surface area contributed by atoms with Crippen LogP contribution in [0, 0.1) is 11.3 Å². The Morgan fingerprint density at radius 2 is 1.97 bits per heavy atom. The van der Waals surface area contributed by atoms with Gasteiger partial charge in [0.1, 0.15) is 33.7 Å². The lowest BCUT2D eigenvalue weighted by Gasteiger charge is -2.09. The third-order valence-electron chi connectivity index (χ3n) is 4.55. The van der Waals surface area contributed by atoms with E-state index in [-0.39, 0.29) is 34.1 Å². The number of anilines is 1. The highest BCUT2D eigenvalue weighted by Crippen LogP contribution is 2.37. The van der Waals surface area contributed by atoms with Gasteiger partial charge in [-0.25, -0.2) is 4.79 Å². The number of phenolic OH excluding ortho intramolecular Hbond substituents is 1. The van der Waals surface area contributed by atoms with E-state index in [4.69, 9.17) is 21.1 Å². The highest BCUT2D eigenvalue weighted by molar-refractivity contribution is 7.15. The number of nitrogens with zero attached hydrogens (tertiary/aromatic N) is 1. The molecule has 0 unspecified atom stereocenters. The molecule has 33 heavy (non-hydrogen) atoms. The van der Waals surface area contributed by atoms with E-state index in [0.717, 1.165) is 16.9 Å². The van der Waals surface area contributed by atoms with Crippen molar-refractivity contribution >= 4 is 45.9 Å². The lowest BCUT2D eigenvalue weighted by atomic mass is 10.0. The summed E-state index contributed by atoms with van der Waals surface area (Å²) in [6, 6.07) is 13.2. The second kappa shape index (κ2) is 10.7. The van der Waals surface area contributed by atoms with Gasteiger partial charge in [0.05, 0.1) is 13.7 Å². The summed E-state index contributed by atoms with van der Waals surface area (Å²) in [6.45, 7) is 1.84. The lowest BCUT2D eigenvalue weighted by Crippen LogP contribution is -2.16.